The molecule has 0 spiro atoms. The van der Waals surface area contributed by atoms with Crippen molar-refractivity contribution >= 4 is 17.2 Å². The molecule has 1 unspecified atom stereocenters. The van der Waals surface area contributed by atoms with Crippen LogP contribution in [0.1, 0.15) is 37.0 Å². The van der Waals surface area contributed by atoms with Crippen LogP contribution < -0.4 is 5.32 Å². The molecule has 6 heteroatoms. The molecule has 1 fully saturated rings. The van der Waals surface area contributed by atoms with Crippen molar-refractivity contribution in [2.24, 2.45) is 5.92 Å². The van der Waals surface area contributed by atoms with Gasteiger partial charge in [-0.2, -0.15) is 0 Å². The minimum absolute atomic E-state index is 0.0541. The van der Waals surface area contributed by atoms with Crippen molar-refractivity contribution in [1.29, 1.82) is 0 Å². The number of anilines is 1. The van der Waals surface area contributed by atoms with E-state index in [9.17, 15) is 14.9 Å². The lowest BCUT2D eigenvalue weighted by Gasteiger charge is -2.29. The first-order valence-corrected chi connectivity index (χ1v) is 7.12. The van der Waals surface area contributed by atoms with E-state index in [-0.39, 0.29) is 17.5 Å². The zero-order valence-electron chi connectivity index (χ0n) is 12.3. The van der Waals surface area contributed by atoms with E-state index in [2.05, 4.69) is 5.32 Å². The number of nitro groups is 1. The molecule has 1 heterocycles. The third-order valence-electron chi connectivity index (χ3n) is 3.96. The first kappa shape index (κ1) is 15.4. The molecule has 1 aliphatic heterocycles. The molecule has 0 radical (unpaired) electrons. The topological polar surface area (TPSA) is 81.5 Å². The van der Waals surface area contributed by atoms with Crippen LogP contribution in [0.2, 0.25) is 0 Å². The molecule has 21 heavy (non-hydrogen) atoms. The number of ether oxygens (including phenoxy) is 1. The predicted molar refractivity (Wildman–Crippen MR) is 79.7 cm³/mol. The van der Waals surface area contributed by atoms with E-state index in [4.69, 9.17) is 4.74 Å². The lowest BCUT2D eigenvalue weighted by atomic mass is 9.92. The summed E-state index contributed by atoms with van der Waals surface area (Å²) < 4.78 is 5.33. The highest BCUT2D eigenvalue weighted by Gasteiger charge is 2.23. The maximum Gasteiger partial charge on any atom is 0.293 e. The van der Waals surface area contributed by atoms with Crippen LogP contribution >= 0.6 is 0 Å². The van der Waals surface area contributed by atoms with Crippen LogP contribution in [0, 0.1) is 16.0 Å². The molecular weight excluding hydrogens is 272 g/mol. The fourth-order valence-electron chi connectivity index (χ4n) is 2.60. The van der Waals surface area contributed by atoms with Crippen molar-refractivity contribution in [2.75, 3.05) is 18.5 Å². The van der Waals surface area contributed by atoms with Gasteiger partial charge in [-0.15, -0.1) is 0 Å². The van der Waals surface area contributed by atoms with Crippen LogP contribution in [0.15, 0.2) is 18.2 Å². The number of Topliss-reactive ketones (excluding diaryl/α,β-unsaturated/α-hetero) is 1. The van der Waals surface area contributed by atoms with Gasteiger partial charge in [-0.25, -0.2) is 0 Å². The number of nitrogens with zero attached hydrogens (tertiary/aromatic N) is 1. The van der Waals surface area contributed by atoms with Gasteiger partial charge in [0.1, 0.15) is 5.69 Å². The molecule has 1 aromatic rings. The minimum Gasteiger partial charge on any atom is -0.381 e. The Morgan fingerprint density at radius 2 is 2.10 bits per heavy atom. The maximum atomic E-state index is 11.3. The Kier molecular flexibility index (Phi) is 4.90. The molecule has 0 aromatic heterocycles. The van der Waals surface area contributed by atoms with Gasteiger partial charge in [-0.05, 0) is 44.7 Å². The second-order valence-corrected chi connectivity index (χ2v) is 5.43. The summed E-state index contributed by atoms with van der Waals surface area (Å²) in [6, 6.07) is 4.69. The van der Waals surface area contributed by atoms with Gasteiger partial charge in [-0.1, -0.05) is 0 Å². The molecule has 1 N–H and O–H groups in total. The molecule has 0 bridgehead atoms. The van der Waals surface area contributed by atoms with Gasteiger partial charge in [0.2, 0.25) is 0 Å². The van der Waals surface area contributed by atoms with Crippen molar-refractivity contribution in [3.05, 3.63) is 33.9 Å². The van der Waals surface area contributed by atoms with E-state index in [1.54, 1.807) is 12.1 Å². The lowest BCUT2D eigenvalue weighted by molar-refractivity contribution is -0.384. The van der Waals surface area contributed by atoms with E-state index >= 15 is 0 Å². The number of hydrogen-bond donors (Lipinski definition) is 1. The zero-order valence-corrected chi connectivity index (χ0v) is 12.3. The summed E-state index contributed by atoms with van der Waals surface area (Å²) >= 11 is 0. The first-order valence-electron chi connectivity index (χ1n) is 7.12. The molecule has 1 aliphatic rings. The van der Waals surface area contributed by atoms with Crippen LogP contribution in [0.25, 0.3) is 0 Å². The molecule has 0 amide bonds. The van der Waals surface area contributed by atoms with Gasteiger partial charge in [0, 0.05) is 30.9 Å². The monoisotopic (exact) mass is 292 g/mol. The van der Waals surface area contributed by atoms with Crippen molar-refractivity contribution in [1.82, 2.24) is 0 Å². The fourth-order valence-corrected chi connectivity index (χ4v) is 2.60. The van der Waals surface area contributed by atoms with Gasteiger partial charge in [0.05, 0.1) is 4.92 Å². The molecule has 1 saturated heterocycles. The number of benzene rings is 1. The van der Waals surface area contributed by atoms with Crippen molar-refractivity contribution in [3.8, 4) is 0 Å². The lowest BCUT2D eigenvalue weighted by Crippen LogP contribution is -2.31. The van der Waals surface area contributed by atoms with Gasteiger partial charge in [-0.3, -0.25) is 14.9 Å². The number of carbonyl (C=O) groups excluding carboxylic acids is 1. The van der Waals surface area contributed by atoms with Crippen molar-refractivity contribution in [2.45, 2.75) is 32.7 Å². The summed E-state index contributed by atoms with van der Waals surface area (Å²) in [5, 5.41) is 14.4. The molecule has 0 aliphatic carbocycles. The maximum absolute atomic E-state index is 11.3. The SMILES string of the molecule is CC(=O)c1ccc(NC(C)C2CCOCC2)c([N+](=O)[O-])c1. The standard InChI is InChI=1S/C15H20N2O4/c1-10(12-5-7-21-8-6-12)16-14-4-3-13(11(2)18)9-15(14)17(19)20/h3-4,9-10,12,16H,5-8H2,1-2H3. The highest BCUT2D eigenvalue weighted by Crippen LogP contribution is 2.29. The van der Waals surface area contributed by atoms with E-state index in [0.29, 0.717) is 17.2 Å². The van der Waals surface area contributed by atoms with Crippen LogP contribution in [0.3, 0.4) is 0 Å². The number of ketones is 1. The fraction of sp³-hybridized carbons (Fsp3) is 0.533. The van der Waals surface area contributed by atoms with Crippen molar-refractivity contribution in [3.63, 3.8) is 0 Å². The second kappa shape index (κ2) is 6.67. The molecule has 114 valence electrons. The number of rotatable bonds is 5. The summed E-state index contributed by atoms with van der Waals surface area (Å²) in [4.78, 5) is 22.1. The normalized spacial score (nSPS) is 17.2. The summed E-state index contributed by atoms with van der Waals surface area (Å²) in [5.74, 6) is 0.257. The Morgan fingerprint density at radius 1 is 1.43 bits per heavy atom. The van der Waals surface area contributed by atoms with E-state index in [0.717, 1.165) is 26.1 Å². The third kappa shape index (κ3) is 3.78. The Bertz CT molecular complexity index is 538. The minimum atomic E-state index is -0.453. The molecule has 6 nitrogen and oxygen atoms in total. The molecular formula is C15H20N2O4. The van der Waals surface area contributed by atoms with Crippen LogP contribution in [0.4, 0.5) is 11.4 Å². The number of nitrogens with one attached hydrogen (secondary N) is 1. The van der Waals surface area contributed by atoms with Crippen LogP contribution in [-0.2, 0) is 4.74 Å². The van der Waals surface area contributed by atoms with Crippen LogP contribution in [0.5, 0.6) is 0 Å². The largest absolute Gasteiger partial charge is 0.381 e. The highest BCUT2D eigenvalue weighted by molar-refractivity contribution is 5.95. The molecule has 1 aromatic carbocycles. The third-order valence-corrected chi connectivity index (χ3v) is 3.96. The van der Waals surface area contributed by atoms with E-state index < -0.39 is 4.92 Å². The van der Waals surface area contributed by atoms with E-state index in [1.807, 2.05) is 6.92 Å². The van der Waals surface area contributed by atoms with Gasteiger partial charge < -0.3 is 10.1 Å². The highest BCUT2D eigenvalue weighted by atomic mass is 16.6. The first-order chi connectivity index (χ1) is 9.99. The molecule has 0 saturated carbocycles. The summed E-state index contributed by atoms with van der Waals surface area (Å²) in [7, 11) is 0. The van der Waals surface area contributed by atoms with Gasteiger partial charge in [0.15, 0.2) is 5.78 Å². The quantitative estimate of drug-likeness (QED) is 0.512. The molecule has 1 atom stereocenters. The summed E-state index contributed by atoms with van der Waals surface area (Å²) in [6.45, 7) is 4.90. The molecule has 2 rings (SSSR count). The van der Waals surface area contributed by atoms with Gasteiger partial charge >= 0.3 is 0 Å². The second-order valence-electron chi connectivity index (χ2n) is 5.43. The Hall–Kier alpha value is -1.95. The number of nitro benzene ring substituents is 1. The predicted octanol–water partition coefficient (Wildman–Crippen LogP) is 3.02. The average molecular weight is 292 g/mol. The smallest absolute Gasteiger partial charge is 0.293 e. The Labute approximate surface area is 123 Å². The van der Waals surface area contributed by atoms with Crippen LogP contribution in [-0.4, -0.2) is 30.0 Å². The number of hydrogen-bond acceptors (Lipinski definition) is 5. The van der Waals surface area contributed by atoms with E-state index in [1.165, 1.54) is 13.0 Å². The summed E-state index contributed by atoms with van der Waals surface area (Å²) in [6.07, 6.45) is 1.90. The van der Waals surface area contributed by atoms with Gasteiger partial charge in [0.25, 0.3) is 5.69 Å². The average Bonchev–Trinajstić information content (AvgIpc) is 2.48. The number of carbonyl (C=O) groups is 1. The zero-order chi connectivity index (χ0) is 15.4. The summed E-state index contributed by atoms with van der Waals surface area (Å²) in [5.41, 5.74) is 0.761. The Balaban J connectivity index is 2.18. The Morgan fingerprint density at radius 3 is 2.67 bits per heavy atom. The van der Waals surface area contributed by atoms with Crippen molar-refractivity contribution < 1.29 is 14.5 Å².